The summed E-state index contributed by atoms with van der Waals surface area (Å²) in [6.07, 6.45) is 0. The molecular weight excluding hydrogens is 797 g/mol. The largest absolute Gasteiger partial charge is 0.457 e. The molecule has 65 heavy (non-hydrogen) atoms. The summed E-state index contributed by atoms with van der Waals surface area (Å²) < 4.78 is 19.3. The van der Waals surface area contributed by atoms with Crippen molar-refractivity contribution in [3.63, 3.8) is 0 Å². The first kappa shape index (κ1) is 36.2. The first-order chi connectivity index (χ1) is 31.9. The van der Waals surface area contributed by atoms with Gasteiger partial charge < -0.3 is 13.6 Å². The number of ether oxygens (including phenoxy) is 1. The summed E-state index contributed by atoms with van der Waals surface area (Å²) in [4.78, 5) is 9.78. The maximum absolute atomic E-state index is 6.61. The lowest BCUT2D eigenvalue weighted by molar-refractivity contribution is 0.436. The van der Waals surface area contributed by atoms with Gasteiger partial charge in [0, 0.05) is 27.7 Å². The van der Waals surface area contributed by atoms with Crippen molar-refractivity contribution in [1.29, 1.82) is 0 Å². The number of hydrogen-bond donors (Lipinski definition) is 0. The van der Waals surface area contributed by atoms with Crippen molar-refractivity contribution < 1.29 is 13.6 Å². The molecule has 9 aromatic carbocycles. The molecule has 0 fully saturated rings. The Balaban J connectivity index is 0.902. The van der Waals surface area contributed by atoms with Crippen molar-refractivity contribution in [2.45, 2.75) is 24.7 Å². The monoisotopic (exact) mass is 834 g/mol. The zero-order valence-electron chi connectivity index (χ0n) is 35.6. The van der Waals surface area contributed by atoms with E-state index in [1.807, 2.05) is 48.5 Å². The Morgan fingerprint density at radius 3 is 1.48 bits per heavy atom. The van der Waals surface area contributed by atoms with Crippen molar-refractivity contribution in [3.05, 3.63) is 228 Å². The van der Waals surface area contributed by atoms with E-state index in [-0.39, 0.29) is 5.41 Å². The van der Waals surface area contributed by atoms with Gasteiger partial charge in [0.25, 0.3) is 0 Å². The highest BCUT2D eigenvalue weighted by Crippen LogP contribution is 2.63. The zero-order valence-corrected chi connectivity index (χ0v) is 35.6. The highest BCUT2D eigenvalue weighted by Gasteiger charge is 2.51. The van der Waals surface area contributed by atoms with E-state index in [4.69, 9.17) is 23.5 Å². The predicted octanol–water partition coefficient (Wildman–Crippen LogP) is 15.4. The third kappa shape index (κ3) is 5.03. The van der Waals surface area contributed by atoms with Crippen molar-refractivity contribution in [3.8, 4) is 78.9 Å². The van der Waals surface area contributed by atoms with Gasteiger partial charge in [-0.05, 0) is 133 Å². The van der Waals surface area contributed by atoms with E-state index in [0.29, 0.717) is 11.8 Å². The van der Waals surface area contributed by atoms with Crippen molar-refractivity contribution >= 4 is 22.2 Å². The van der Waals surface area contributed by atoms with Gasteiger partial charge in [0.1, 0.15) is 22.5 Å². The number of nitrogens with zero attached hydrogens (tertiary/aromatic N) is 2. The van der Waals surface area contributed by atoms with E-state index in [2.05, 4.69) is 159 Å². The van der Waals surface area contributed by atoms with Gasteiger partial charge in [-0.15, -0.1) is 0 Å². The van der Waals surface area contributed by atoms with Crippen LogP contribution >= 0.6 is 0 Å². The molecule has 0 saturated carbocycles. The Labute approximate surface area is 375 Å². The predicted molar refractivity (Wildman–Crippen MR) is 258 cm³/mol. The standard InChI is InChI=1S/C60H38N2O3/c1-59(2)48-33-35(37-30-38(57-61-50-20-7-11-24-54(50)64-57)32-39(31-37)58-62-51-21-8-12-25-55(51)65-58)26-28-41(48)42-29-27-36(34-49(42)59)40-15-13-19-47-56(40)43-14-3-4-16-44(43)60(47)45-17-5-9-22-52(45)63-53-23-10-6-18-46(53)60/h3-34H,1-2H3. The van der Waals surface area contributed by atoms with Crippen LogP contribution in [0.15, 0.2) is 203 Å². The maximum Gasteiger partial charge on any atom is 0.227 e. The quantitative estimate of drug-likeness (QED) is 0.177. The molecule has 0 saturated heterocycles. The molecule has 2 aliphatic carbocycles. The highest BCUT2D eigenvalue weighted by atomic mass is 16.5. The van der Waals surface area contributed by atoms with Crippen LogP contribution in [0.25, 0.3) is 89.6 Å². The second kappa shape index (κ2) is 13.1. The summed E-state index contributed by atoms with van der Waals surface area (Å²) in [6.45, 7) is 4.72. The summed E-state index contributed by atoms with van der Waals surface area (Å²) in [7, 11) is 0. The Bertz CT molecular complexity index is 3610. The molecule has 3 heterocycles. The Morgan fingerprint density at radius 2 is 0.846 bits per heavy atom. The van der Waals surface area contributed by atoms with E-state index < -0.39 is 5.41 Å². The number of aromatic nitrogens is 2. The molecule has 14 rings (SSSR count). The molecule has 1 aliphatic heterocycles. The van der Waals surface area contributed by atoms with Crippen LogP contribution in [0.4, 0.5) is 0 Å². The number of para-hydroxylation sites is 6. The molecule has 3 aliphatic rings. The minimum atomic E-state index is -0.520. The van der Waals surface area contributed by atoms with Gasteiger partial charge in [0.05, 0.1) is 5.41 Å². The van der Waals surface area contributed by atoms with E-state index in [0.717, 1.165) is 56.0 Å². The third-order valence-corrected chi connectivity index (χ3v) is 14.2. The van der Waals surface area contributed by atoms with Crippen LogP contribution in [0.3, 0.4) is 0 Å². The first-order valence-corrected chi connectivity index (χ1v) is 22.2. The highest BCUT2D eigenvalue weighted by molar-refractivity contribution is 5.98. The van der Waals surface area contributed by atoms with Crippen LogP contribution < -0.4 is 4.74 Å². The molecule has 0 radical (unpaired) electrons. The molecule has 0 N–H and O–H groups in total. The molecule has 5 heteroatoms. The van der Waals surface area contributed by atoms with Gasteiger partial charge in [0.15, 0.2) is 11.2 Å². The first-order valence-electron chi connectivity index (χ1n) is 22.2. The topological polar surface area (TPSA) is 61.3 Å². The molecule has 5 nitrogen and oxygen atoms in total. The van der Waals surface area contributed by atoms with E-state index in [9.17, 15) is 0 Å². The summed E-state index contributed by atoms with van der Waals surface area (Å²) >= 11 is 0. The van der Waals surface area contributed by atoms with Crippen LogP contribution in [0, 0.1) is 0 Å². The molecule has 0 amide bonds. The Morgan fingerprint density at radius 1 is 0.354 bits per heavy atom. The average molecular weight is 835 g/mol. The molecule has 0 unspecified atom stereocenters. The fourth-order valence-electron chi connectivity index (χ4n) is 11.3. The summed E-state index contributed by atoms with van der Waals surface area (Å²) in [5, 5.41) is 0. The van der Waals surface area contributed by atoms with Gasteiger partial charge in [-0.25, -0.2) is 9.97 Å². The van der Waals surface area contributed by atoms with Crippen molar-refractivity contribution in [2.24, 2.45) is 0 Å². The van der Waals surface area contributed by atoms with Crippen LogP contribution in [0.2, 0.25) is 0 Å². The van der Waals surface area contributed by atoms with Crippen LogP contribution in [0.1, 0.15) is 47.2 Å². The lowest BCUT2D eigenvalue weighted by Gasteiger charge is -2.39. The maximum atomic E-state index is 6.61. The molecule has 11 aromatic rings. The molecule has 0 atom stereocenters. The normalized spacial score (nSPS) is 14.4. The summed E-state index contributed by atoms with van der Waals surface area (Å²) in [6, 6.07) is 69.1. The van der Waals surface area contributed by atoms with E-state index in [1.54, 1.807) is 0 Å². The SMILES string of the molecule is CC1(C)c2cc(-c3cc(-c4nc5ccccc5o4)cc(-c4nc5ccccc5o4)c3)ccc2-c2ccc(-c3cccc4c3-c3ccccc3C43c4ccccc4Oc4ccccc43)cc21. The lowest BCUT2D eigenvalue weighted by atomic mass is 9.66. The lowest BCUT2D eigenvalue weighted by Crippen LogP contribution is -2.32. The van der Waals surface area contributed by atoms with Crippen molar-refractivity contribution in [1.82, 2.24) is 9.97 Å². The zero-order chi connectivity index (χ0) is 43.0. The summed E-state index contributed by atoms with van der Waals surface area (Å²) in [5.41, 5.74) is 21.2. The van der Waals surface area contributed by atoms with Gasteiger partial charge >= 0.3 is 0 Å². The average Bonchev–Trinajstić information content (AvgIpc) is 4.12. The van der Waals surface area contributed by atoms with Gasteiger partial charge in [0.2, 0.25) is 11.8 Å². The van der Waals surface area contributed by atoms with Crippen molar-refractivity contribution in [2.75, 3.05) is 0 Å². The smallest absolute Gasteiger partial charge is 0.227 e. The second-order valence-corrected chi connectivity index (χ2v) is 18.0. The molecule has 2 aromatic heterocycles. The van der Waals surface area contributed by atoms with Crippen LogP contribution in [-0.2, 0) is 10.8 Å². The van der Waals surface area contributed by atoms with Crippen LogP contribution in [-0.4, -0.2) is 9.97 Å². The number of hydrogen-bond acceptors (Lipinski definition) is 5. The minimum Gasteiger partial charge on any atom is -0.457 e. The molecular formula is C60H38N2O3. The third-order valence-electron chi connectivity index (χ3n) is 14.2. The summed E-state index contributed by atoms with van der Waals surface area (Å²) in [5.74, 6) is 2.91. The van der Waals surface area contributed by atoms with E-state index >= 15 is 0 Å². The fourth-order valence-corrected chi connectivity index (χ4v) is 11.3. The molecule has 0 bridgehead atoms. The Hall–Kier alpha value is -8.28. The second-order valence-electron chi connectivity index (χ2n) is 18.0. The Kier molecular flexibility index (Phi) is 7.32. The molecule has 306 valence electrons. The van der Waals surface area contributed by atoms with Gasteiger partial charge in [-0.1, -0.05) is 141 Å². The number of oxazole rings is 2. The minimum absolute atomic E-state index is 0.284. The van der Waals surface area contributed by atoms with Gasteiger partial charge in [-0.2, -0.15) is 0 Å². The number of fused-ring (bicyclic) bond motifs is 14. The van der Waals surface area contributed by atoms with E-state index in [1.165, 1.54) is 66.8 Å². The van der Waals surface area contributed by atoms with Crippen LogP contribution in [0.5, 0.6) is 11.5 Å². The number of rotatable bonds is 4. The fraction of sp³-hybridized carbons (Fsp3) is 0.0667. The molecule has 1 spiro atoms. The van der Waals surface area contributed by atoms with Gasteiger partial charge in [-0.3, -0.25) is 0 Å². The number of benzene rings is 9.